The molecule has 8 heteroatoms. The van der Waals surface area contributed by atoms with Crippen LogP contribution >= 0.6 is 24.0 Å². The summed E-state index contributed by atoms with van der Waals surface area (Å²) >= 11 is 0. The minimum absolute atomic E-state index is 0. The first-order valence-electron chi connectivity index (χ1n) is 10.4. The van der Waals surface area contributed by atoms with E-state index in [9.17, 15) is 4.79 Å². The third kappa shape index (κ3) is 6.72. The Morgan fingerprint density at radius 1 is 1.23 bits per heavy atom. The van der Waals surface area contributed by atoms with Crippen LogP contribution < -0.4 is 10.6 Å². The van der Waals surface area contributed by atoms with Crippen LogP contribution in [0.2, 0.25) is 0 Å². The van der Waals surface area contributed by atoms with Gasteiger partial charge in [0.1, 0.15) is 5.82 Å². The topological polar surface area (TPSA) is 74.6 Å². The Balaban J connectivity index is 0.00000320. The van der Waals surface area contributed by atoms with Crippen LogP contribution in [0.4, 0.5) is 0 Å². The van der Waals surface area contributed by atoms with Crippen LogP contribution in [0.5, 0.6) is 0 Å². The summed E-state index contributed by atoms with van der Waals surface area (Å²) in [5.41, 5.74) is 1.25. The van der Waals surface area contributed by atoms with Gasteiger partial charge in [-0.15, -0.1) is 24.0 Å². The van der Waals surface area contributed by atoms with E-state index in [1.54, 1.807) is 7.05 Å². The van der Waals surface area contributed by atoms with Crippen molar-refractivity contribution in [2.24, 2.45) is 10.9 Å². The molecule has 0 aliphatic carbocycles. The lowest BCUT2D eigenvalue weighted by Gasteiger charge is -2.34. The number of nitrogens with one attached hydrogen (secondary N) is 2. The molecule has 0 bridgehead atoms. The highest BCUT2D eigenvalue weighted by Crippen LogP contribution is 2.13. The fourth-order valence-electron chi connectivity index (χ4n) is 3.59. The lowest BCUT2D eigenvalue weighted by molar-refractivity contribution is -0.135. The van der Waals surface area contributed by atoms with Crippen molar-refractivity contribution < 1.29 is 4.79 Å². The predicted molar refractivity (Wildman–Crippen MR) is 131 cm³/mol. The number of rotatable bonds is 6. The molecule has 1 aromatic heterocycles. The summed E-state index contributed by atoms with van der Waals surface area (Å²) < 4.78 is 2.14. The molecule has 1 amide bonds. The number of halogens is 1. The number of carbonyl (C=O) groups is 1. The zero-order chi connectivity index (χ0) is 20.6. The average Bonchev–Trinajstić information content (AvgIpc) is 3.18. The molecule has 1 aliphatic rings. The molecule has 164 valence electrons. The summed E-state index contributed by atoms with van der Waals surface area (Å²) in [4.78, 5) is 23.0. The van der Waals surface area contributed by atoms with E-state index in [2.05, 4.69) is 49.4 Å². The van der Waals surface area contributed by atoms with E-state index in [0.717, 1.165) is 44.3 Å². The second-order valence-electron chi connectivity index (χ2n) is 7.78. The van der Waals surface area contributed by atoms with Crippen LogP contribution in [0, 0.1) is 5.92 Å². The molecule has 0 spiro atoms. The number of amides is 1. The molecule has 1 fully saturated rings. The van der Waals surface area contributed by atoms with E-state index in [4.69, 9.17) is 0 Å². The summed E-state index contributed by atoms with van der Waals surface area (Å²) in [5.74, 6) is 2.05. The van der Waals surface area contributed by atoms with E-state index in [1.165, 1.54) is 5.56 Å². The van der Waals surface area contributed by atoms with E-state index < -0.39 is 0 Å². The molecule has 3 rings (SSSR count). The van der Waals surface area contributed by atoms with Crippen molar-refractivity contribution >= 4 is 35.8 Å². The number of piperidine rings is 1. The van der Waals surface area contributed by atoms with E-state index in [1.807, 2.05) is 37.2 Å². The number of benzene rings is 1. The lowest BCUT2D eigenvalue weighted by atomic mass is 10.0. The van der Waals surface area contributed by atoms with Crippen molar-refractivity contribution in [3.8, 4) is 0 Å². The van der Waals surface area contributed by atoms with Crippen LogP contribution in [0.3, 0.4) is 0 Å². The first kappa shape index (κ1) is 24.2. The normalized spacial score (nSPS) is 15.1. The van der Waals surface area contributed by atoms with E-state index in [-0.39, 0.29) is 35.8 Å². The van der Waals surface area contributed by atoms with Gasteiger partial charge in [0.15, 0.2) is 5.96 Å². The molecule has 0 radical (unpaired) electrons. The molecule has 0 saturated carbocycles. The highest BCUT2D eigenvalue weighted by atomic mass is 127. The molecule has 1 aliphatic heterocycles. The standard InChI is InChI=1S/C22H32N6O.HI/c1-17(2)21(29)27-12-9-19(10-13-27)26-22(23-3)25-15-20-24-11-14-28(20)16-18-7-5-4-6-8-18;/h4-8,11,14,17,19H,9-10,12-13,15-16H2,1-3H3,(H2,23,25,26);1H. The van der Waals surface area contributed by atoms with Gasteiger partial charge in [-0.3, -0.25) is 9.79 Å². The quantitative estimate of drug-likeness (QED) is 0.347. The van der Waals surface area contributed by atoms with Crippen LogP contribution in [0.15, 0.2) is 47.7 Å². The monoisotopic (exact) mass is 524 g/mol. The number of likely N-dealkylation sites (tertiary alicyclic amines) is 1. The maximum atomic E-state index is 12.1. The number of nitrogens with zero attached hydrogens (tertiary/aromatic N) is 4. The molecule has 30 heavy (non-hydrogen) atoms. The zero-order valence-electron chi connectivity index (χ0n) is 18.0. The maximum absolute atomic E-state index is 12.1. The van der Waals surface area contributed by atoms with Crippen molar-refractivity contribution in [1.29, 1.82) is 0 Å². The van der Waals surface area contributed by atoms with Crippen LogP contribution in [-0.2, 0) is 17.9 Å². The van der Waals surface area contributed by atoms with Gasteiger partial charge >= 0.3 is 0 Å². The Kier molecular flexibility index (Phi) is 9.61. The first-order valence-corrected chi connectivity index (χ1v) is 10.4. The average molecular weight is 524 g/mol. The number of hydrogen-bond acceptors (Lipinski definition) is 3. The number of imidazole rings is 1. The number of carbonyl (C=O) groups excluding carboxylic acids is 1. The highest BCUT2D eigenvalue weighted by molar-refractivity contribution is 14.0. The Labute approximate surface area is 196 Å². The maximum Gasteiger partial charge on any atom is 0.225 e. The molecule has 0 unspecified atom stereocenters. The van der Waals surface area contributed by atoms with Gasteiger partial charge in [-0.2, -0.15) is 0 Å². The Morgan fingerprint density at radius 3 is 2.57 bits per heavy atom. The predicted octanol–water partition coefficient (Wildman–Crippen LogP) is 2.86. The molecule has 7 nitrogen and oxygen atoms in total. The van der Waals surface area contributed by atoms with Gasteiger partial charge in [0.25, 0.3) is 0 Å². The summed E-state index contributed by atoms with van der Waals surface area (Å²) in [5, 5.41) is 6.86. The molecule has 1 saturated heterocycles. The van der Waals surface area contributed by atoms with Gasteiger partial charge in [0.2, 0.25) is 5.91 Å². The van der Waals surface area contributed by atoms with Crippen molar-refractivity contribution in [3.63, 3.8) is 0 Å². The summed E-state index contributed by atoms with van der Waals surface area (Å²) in [6, 6.07) is 10.7. The highest BCUT2D eigenvalue weighted by Gasteiger charge is 2.24. The summed E-state index contributed by atoms with van der Waals surface area (Å²) in [6.45, 7) is 6.91. The van der Waals surface area contributed by atoms with Crippen LogP contribution in [0.25, 0.3) is 0 Å². The van der Waals surface area contributed by atoms with Gasteiger partial charge in [0, 0.05) is 51.0 Å². The first-order chi connectivity index (χ1) is 14.1. The van der Waals surface area contributed by atoms with E-state index in [0.29, 0.717) is 12.6 Å². The van der Waals surface area contributed by atoms with Crippen molar-refractivity contribution in [2.45, 2.75) is 45.8 Å². The van der Waals surface area contributed by atoms with Crippen molar-refractivity contribution in [2.75, 3.05) is 20.1 Å². The summed E-state index contributed by atoms with van der Waals surface area (Å²) in [7, 11) is 1.78. The minimum atomic E-state index is 0. The zero-order valence-corrected chi connectivity index (χ0v) is 20.4. The molecular formula is C22H33IN6O. The third-order valence-electron chi connectivity index (χ3n) is 5.28. The molecule has 2 heterocycles. The molecular weight excluding hydrogens is 491 g/mol. The third-order valence-corrected chi connectivity index (χ3v) is 5.28. The van der Waals surface area contributed by atoms with Gasteiger partial charge in [-0.1, -0.05) is 44.2 Å². The number of aromatic nitrogens is 2. The molecule has 1 aromatic carbocycles. The molecule has 2 N–H and O–H groups in total. The number of hydrogen-bond donors (Lipinski definition) is 2. The van der Waals surface area contributed by atoms with Gasteiger partial charge < -0.3 is 20.1 Å². The fraction of sp³-hybridized carbons (Fsp3) is 0.500. The fourth-order valence-corrected chi connectivity index (χ4v) is 3.59. The Hall–Kier alpha value is -2.10. The molecule has 0 atom stereocenters. The van der Waals surface area contributed by atoms with Gasteiger partial charge in [-0.25, -0.2) is 4.98 Å². The van der Waals surface area contributed by atoms with Crippen molar-refractivity contribution in [1.82, 2.24) is 25.1 Å². The SMILES string of the molecule is CN=C(NCc1nccn1Cc1ccccc1)NC1CCN(C(=O)C(C)C)CC1.I. The molecule has 2 aromatic rings. The van der Waals surface area contributed by atoms with Gasteiger partial charge in [-0.05, 0) is 18.4 Å². The van der Waals surface area contributed by atoms with Crippen molar-refractivity contribution in [3.05, 3.63) is 54.1 Å². The largest absolute Gasteiger partial charge is 0.354 e. The summed E-state index contributed by atoms with van der Waals surface area (Å²) in [6.07, 6.45) is 5.70. The second kappa shape index (κ2) is 11.9. The smallest absolute Gasteiger partial charge is 0.225 e. The van der Waals surface area contributed by atoms with Crippen LogP contribution in [0.1, 0.15) is 38.1 Å². The Morgan fingerprint density at radius 2 is 1.93 bits per heavy atom. The second-order valence-corrected chi connectivity index (χ2v) is 7.78. The lowest BCUT2D eigenvalue weighted by Crippen LogP contribution is -2.50. The van der Waals surface area contributed by atoms with Gasteiger partial charge in [0.05, 0.1) is 6.54 Å². The van der Waals surface area contributed by atoms with Crippen LogP contribution in [-0.4, -0.2) is 52.5 Å². The minimum Gasteiger partial charge on any atom is -0.354 e. The number of guanidine groups is 1. The number of aliphatic imine (C=N–C) groups is 1. The Bertz CT molecular complexity index is 812. The van der Waals surface area contributed by atoms with E-state index >= 15 is 0 Å².